The lowest BCUT2D eigenvalue weighted by Crippen LogP contribution is -2.40. The van der Waals surface area contributed by atoms with Gasteiger partial charge >= 0.3 is 0 Å². The molecule has 4 atom stereocenters. The highest BCUT2D eigenvalue weighted by Crippen LogP contribution is 2.49. The van der Waals surface area contributed by atoms with Gasteiger partial charge < -0.3 is 5.32 Å². The van der Waals surface area contributed by atoms with Crippen LogP contribution in [0.3, 0.4) is 0 Å². The van der Waals surface area contributed by atoms with E-state index in [-0.39, 0.29) is 16.8 Å². The van der Waals surface area contributed by atoms with Crippen molar-refractivity contribution in [3.05, 3.63) is 29.3 Å². The fourth-order valence-electron chi connectivity index (χ4n) is 5.38. The maximum Gasteiger partial charge on any atom is 0.251 e. The van der Waals surface area contributed by atoms with Crippen LogP contribution in [-0.4, -0.2) is 37.8 Å². The number of nitrogens with zero attached hydrogens (tertiary/aromatic N) is 1. The van der Waals surface area contributed by atoms with Gasteiger partial charge in [-0.25, -0.2) is 8.42 Å². The quantitative estimate of drug-likeness (QED) is 0.839. The van der Waals surface area contributed by atoms with E-state index in [9.17, 15) is 13.2 Å². The Kier molecular flexibility index (Phi) is 5.06. The SMILES string of the molecule is Cc1ccc(S(=O)(=O)N2CCCC2)cc1C(=O)N[C@@H](C)[C@H]1C[C@H]2CC[C@H]1C2. The van der Waals surface area contributed by atoms with Crippen LogP contribution >= 0.6 is 0 Å². The van der Waals surface area contributed by atoms with Gasteiger partial charge in [0.25, 0.3) is 5.91 Å². The highest BCUT2D eigenvalue weighted by molar-refractivity contribution is 7.89. The number of fused-ring (bicyclic) bond motifs is 2. The highest BCUT2D eigenvalue weighted by atomic mass is 32.2. The smallest absolute Gasteiger partial charge is 0.251 e. The average Bonchev–Trinajstić information content (AvgIpc) is 3.39. The van der Waals surface area contributed by atoms with Crippen LogP contribution < -0.4 is 5.32 Å². The topological polar surface area (TPSA) is 66.5 Å². The van der Waals surface area contributed by atoms with Crippen LogP contribution in [0.5, 0.6) is 0 Å². The number of aryl methyl sites for hydroxylation is 1. The van der Waals surface area contributed by atoms with E-state index in [0.29, 0.717) is 24.6 Å². The van der Waals surface area contributed by atoms with Crippen molar-refractivity contribution in [2.45, 2.75) is 63.3 Å². The Balaban J connectivity index is 1.51. The molecular weight excluding hydrogens is 360 g/mol. The monoisotopic (exact) mass is 390 g/mol. The summed E-state index contributed by atoms with van der Waals surface area (Å²) in [5.41, 5.74) is 1.29. The number of amides is 1. The molecule has 2 aliphatic carbocycles. The maximum absolute atomic E-state index is 12.9. The summed E-state index contributed by atoms with van der Waals surface area (Å²) in [7, 11) is -3.51. The minimum atomic E-state index is -3.51. The number of carbonyl (C=O) groups is 1. The molecule has 6 heteroatoms. The Hall–Kier alpha value is -1.40. The van der Waals surface area contributed by atoms with Crippen LogP contribution in [-0.2, 0) is 10.0 Å². The van der Waals surface area contributed by atoms with Crippen molar-refractivity contribution >= 4 is 15.9 Å². The molecule has 0 aromatic heterocycles. The minimum absolute atomic E-state index is 0.131. The van der Waals surface area contributed by atoms with Crippen LogP contribution in [0.25, 0.3) is 0 Å². The molecule has 2 saturated carbocycles. The summed E-state index contributed by atoms with van der Waals surface area (Å²) in [4.78, 5) is 13.1. The van der Waals surface area contributed by atoms with Crippen LogP contribution in [0.15, 0.2) is 23.1 Å². The first-order valence-corrected chi connectivity index (χ1v) is 11.7. The standard InChI is InChI=1S/C21H30N2O3S/c1-14-5-8-18(27(25,26)23-9-3-4-10-23)13-19(14)21(24)22-15(2)20-12-16-6-7-17(20)11-16/h5,8,13,15-17,20H,3-4,6-7,9-12H2,1-2H3,(H,22,24)/t15-,16-,17-,20+/m0/s1. The number of hydrogen-bond acceptors (Lipinski definition) is 3. The fourth-order valence-corrected chi connectivity index (χ4v) is 6.93. The van der Waals surface area contributed by atoms with Crippen LogP contribution in [0.2, 0.25) is 0 Å². The van der Waals surface area contributed by atoms with Gasteiger partial charge in [0.2, 0.25) is 10.0 Å². The summed E-state index contributed by atoms with van der Waals surface area (Å²) in [6.45, 7) is 5.10. The molecule has 1 aromatic carbocycles. The summed E-state index contributed by atoms with van der Waals surface area (Å²) < 4.78 is 27.2. The van der Waals surface area contributed by atoms with Crippen LogP contribution in [0, 0.1) is 24.7 Å². The van der Waals surface area contributed by atoms with Crippen LogP contribution in [0.4, 0.5) is 0 Å². The van der Waals surface area contributed by atoms with Crippen LogP contribution in [0.1, 0.15) is 61.4 Å². The van der Waals surface area contributed by atoms with Gasteiger partial charge in [-0.3, -0.25) is 4.79 Å². The van der Waals surface area contributed by atoms with Crippen molar-refractivity contribution in [2.24, 2.45) is 17.8 Å². The number of sulfonamides is 1. The molecule has 1 N–H and O–H groups in total. The van der Waals surface area contributed by atoms with E-state index in [1.165, 1.54) is 30.0 Å². The van der Waals surface area contributed by atoms with Gasteiger partial charge in [0, 0.05) is 24.7 Å². The zero-order chi connectivity index (χ0) is 19.2. The lowest BCUT2D eigenvalue weighted by atomic mass is 9.84. The molecule has 0 unspecified atom stereocenters. The Morgan fingerprint density at radius 2 is 1.93 bits per heavy atom. The minimum Gasteiger partial charge on any atom is -0.349 e. The maximum atomic E-state index is 12.9. The largest absolute Gasteiger partial charge is 0.349 e. The zero-order valence-corrected chi connectivity index (χ0v) is 17.1. The third kappa shape index (κ3) is 3.54. The first-order valence-electron chi connectivity index (χ1n) is 10.3. The normalized spacial score (nSPS) is 29.2. The predicted molar refractivity (Wildman–Crippen MR) is 105 cm³/mol. The molecule has 1 aromatic rings. The summed E-state index contributed by atoms with van der Waals surface area (Å²) in [5, 5.41) is 3.16. The van der Waals surface area contributed by atoms with E-state index in [0.717, 1.165) is 30.2 Å². The first kappa shape index (κ1) is 18.9. The third-order valence-electron chi connectivity index (χ3n) is 6.95. The molecular formula is C21H30N2O3S. The average molecular weight is 391 g/mol. The van der Waals surface area contributed by atoms with E-state index >= 15 is 0 Å². The van der Waals surface area contributed by atoms with Crippen molar-refractivity contribution < 1.29 is 13.2 Å². The van der Waals surface area contributed by atoms with Gasteiger partial charge in [-0.15, -0.1) is 0 Å². The summed E-state index contributed by atoms with van der Waals surface area (Å²) in [6.07, 6.45) is 6.97. The summed E-state index contributed by atoms with van der Waals surface area (Å²) in [6, 6.07) is 5.07. The predicted octanol–water partition coefficient (Wildman–Crippen LogP) is 3.33. The summed E-state index contributed by atoms with van der Waals surface area (Å²) >= 11 is 0. The molecule has 3 aliphatic rings. The van der Waals surface area contributed by atoms with E-state index in [1.54, 1.807) is 18.2 Å². The van der Waals surface area contributed by atoms with E-state index in [1.807, 2.05) is 6.92 Å². The third-order valence-corrected chi connectivity index (χ3v) is 8.84. The van der Waals surface area contributed by atoms with Crippen molar-refractivity contribution in [3.8, 4) is 0 Å². The summed E-state index contributed by atoms with van der Waals surface area (Å²) in [5.74, 6) is 1.99. The van der Waals surface area contributed by atoms with Crippen molar-refractivity contribution in [3.63, 3.8) is 0 Å². The lowest BCUT2D eigenvalue weighted by Gasteiger charge is -2.28. The van der Waals surface area contributed by atoms with Gasteiger partial charge in [0.15, 0.2) is 0 Å². The molecule has 1 saturated heterocycles. The fraction of sp³-hybridized carbons (Fsp3) is 0.667. The van der Waals surface area contributed by atoms with Gasteiger partial charge in [0.05, 0.1) is 4.90 Å². The van der Waals surface area contributed by atoms with Gasteiger partial charge in [0.1, 0.15) is 0 Å². The number of nitrogens with one attached hydrogen (secondary N) is 1. The van der Waals surface area contributed by atoms with E-state index in [4.69, 9.17) is 0 Å². The first-order chi connectivity index (χ1) is 12.9. The second-order valence-electron chi connectivity index (χ2n) is 8.69. The number of benzene rings is 1. The van der Waals surface area contributed by atoms with Gasteiger partial charge in [-0.1, -0.05) is 12.5 Å². The molecule has 0 radical (unpaired) electrons. The number of hydrogen-bond donors (Lipinski definition) is 1. The Morgan fingerprint density at radius 1 is 1.19 bits per heavy atom. The van der Waals surface area contributed by atoms with Crippen molar-refractivity contribution in [2.75, 3.05) is 13.1 Å². The van der Waals surface area contributed by atoms with Gasteiger partial charge in [-0.05, 0) is 81.4 Å². The molecule has 148 valence electrons. The number of carbonyl (C=O) groups excluding carboxylic acids is 1. The molecule has 1 aliphatic heterocycles. The molecule has 4 rings (SSSR count). The number of rotatable bonds is 5. The lowest BCUT2D eigenvalue weighted by molar-refractivity contribution is 0.0914. The van der Waals surface area contributed by atoms with Crippen molar-refractivity contribution in [1.29, 1.82) is 0 Å². The highest BCUT2D eigenvalue weighted by Gasteiger charge is 2.42. The van der Waals surface area contributed by atoms with Crippen molar-refractivity contribution in [1.82, 2.24) is 9.62 Å². The molecule has 1 heterocycles. The molecule has 2 bridgehead atoms. The van der Waals surface area contributed by atoms with Gasteiger partial charge in [-0.2, -0.15) is 4.31 Å². The molecule has 1 amide bonds. The second kappa shape index (κ2) is 7.21. The molecule has 3 fully saturated rings. The van der Waals surface area contributed by atoms with E-state index in [2.05, 4.69) is 12.2 Å². The molecule has 0 spiro atoms. The second-order valence-corrected chi connectivity index (χ2v) is 10.6. The molecule has 5 nitrogen and oxygen atoms in total. The van der Waals surface area contributed by atoms with E-state index < -0.39 is 10.0 Å². The Bertz CT molecular complexity index is 830. The molecule has 27 heavy (non-hydrogen) atoms. The zero-order valence-electron chi connectivity index (χ0n) is 16.3. The Morgan fingerprint density at radius 3 is 2.56 bits per heavy atom. The Labute approximate surface area is 162 Å².